The van der Waals surface area contributed by atoms with Crippen LogP contribution in [-0.2, 0) is 26.2 Å². The van der Waals surface area contributed by atoms with E-state index < -0.39 is 16.3 Å². The van der Waals surface area contributed by atoms with Gasteiger partial charge in [-0.15, -0.1) is 11.3 Å². The molecule has 0 N–H and O–H groups in total. The fourth-order valence-electron chi connectivity index (χ4n) is 4.40. The summed E-state index contributed by atoms with van der Waals surface area (Å²) in [6.07, 6.45) is 1.35. The van der Waals surface area contributed by atoms with Crippen molar-refractivity contribution in [3.8, 4) is 0 Å². The maximum absolute atomic E-state index is 13.2. The van der Waals surface area contributed by atoms with Crippen LogP contribution in [0.1, 0.15) is 18.4 Å². The first-order valence-corrected chi connectivity index (χ1v) is 12.7. The third-order valence-corrected chi connectivity index (χ3v) is 9.63. The molecule has 0 saturated carbocycles. The summed E-state index contributed by atoms with van der Waals surface area (Å²) in [6.45, 7) is 1.12. The van der Waals surface area contributed by atoms with Crippen LogP contribution in [0.5, 0.6) is 0 Å². The van der Waals surface area contributed by atoms with E-state index in [9.17, 15) is 13.2 Å². The Morgan fingerprint density at radius 3 is 2.61 bits per heavy atom. The fourth-order valence-corrected chi connectivity index (χ4v) is 7.61. The first-order chi connectivity index (χ1) is 15.0. The third kappa shape index (κ3) is 3.76. The van der Waals surface area contributed by atoms with Gasteiger partial charge in [0.25, 0.3) is 10.0 Å². The van der Waals surface area contributed by atoms with Crippen LogP contribution in [0.4, 0.5) is 5.69 Å². The molecule has 9 heteroatoms. The van der Waals surface area contributed by atoms with E-state index >= 15 is 0 Å². The van der Waals surface area contributed by atoms with E-state index in [2.05, 4.69) is 0 Å². The standard InChI is InChI=1S/C22H21ClN2O4S2/c23-17-5-6-19-16(11-17)14-29-21(13-26)25(19)18-7-9-24(10-8-18)31(27,28)22-12-15-3-1-2-4-20(15)30-22/h1-6,11-13,18,21H,7-10,14H2. The molecule has 5 rings (SSSR count). The average Bonchev–Trinajstić information content (AvgIpc) is 3.23. The maximum Gasteiger partial charge on any atom is 0.252 e. The maximum atomic E-state index is 13.2. The van der Waals surface area contributed by atoms with Crippen LogP contribution in [0.3, 0.4) is 0 Å². The Morgan fingerprint density at radius 1 is 1.10 bits per heavy atom. The number of ether oxygens (including phenoxy) is 1. The Labute approximate surface area is 190 Å². The highest BCUT2D eigenvalue weighted by Crippen LogP contribution is 2.37. The minimum Gasteiger partial charge on any atom is -0.346 e. The molecular weight excluding hydrogens is 456 g/mol. The number of thiophene rings is 1. The lowest BCUT2D eigenvalue weighted by Crippen LogP contribution is -2.53. The van der Waals surface area contributed by atoms with Crippen molar-refractivity contribution in [1.29, 1.82) is 0 Å². The van der Waals surface area contributed by atoms with Crippen molar-refractivity contribution in [1.82, 2.24) is 4.31 Å². The Bertz CT molecular complexity index is 1200. The van der Waals surface area contributed by atoms with E-state index in [4.69, 9.17) is 16.3 Å². The normalized spacial score (nSPS) is 20.7. The van der Waals surface area contributed by atoms with Crippen LogP contribution in [0, 0.1) is 0 Å². The predicted molar refractivity (Wildman–Crippen MR) is 122 cm³/mol. The smallest absolute Gasteiger partial charge is 0.252 e. The van der Waals surface area contributed by atoms with E-state index in [1.165, 1.54) is 11.3 Å². The second-order valence-electron chi connectivity index (χ2n) is 7.76. The zero-order valence-electron chi connectivity index (χ0n) is 16.6. The monoisotopic (exact) mass is 476 g/mol. The van der Waals surface area contributed by atoms with E-state index in [1.807, 2.05) is 47.4 Å². The molecule has 1 atom stereocenters. The molecule has 0 radical (unpaired) electrons. The highest BCUT2D eigenvalue weighted by molar-refractivity contribution is 7.91. The number of anilines is 1. The van der Waals surface area contributed by atoms with Gasteiger partial charge in [0.15, 0.2) is 12.5 Å². The summed E-state index contributed by atoms with van der Waals surface area (Å²) in [4.78, 5) is 13.7. The molecule has 2 aromatic carbocycles. The van der Waals surface area contributed by atoms with Crippen molar-refractivity contribution in [2.24, 2.45) is 0 Å². The highest BCUT2D eigenvalue weighted by atomic mass is 35.5. The van der Waals surface area contributed by atoms with Crippen molar-refractivity contribution in [3.05, 3.63) is 59.1 Å². The predicted octanol–water partition coefficient (Wildman–Crippen LogP) is 4.27. The number of aldehydes is 1. The number of rotatable bonds is 4. The Morgan fingerprint density at radius 2 is 1.87 bits per heavy atom. The lowest BCUT2D eigenvalue weighted by Gasteiger charge is -2.44. The lowest BCUT2D eigenvalue weighted by molar-refractivity contribution is -0.120. The van der Waals surface area contributed by atoms with Crippen LogP contribution in [-0.4, -0.2) is 44.4 Å². The number of hydrogen-bond donors (Lipinski definition) is 0. The molecule has 2 aliphatic heterocycles. The van der Waals surface area contributed by atoms with Gasteiger partial charge in [-0.2, -0.15) is 4.31 Å². The SMILES string of the molecule is O=CC1OCc2cc(Cl)ccc2N1C1CCN(S(=O)(=O)c2cc3ccccc3s2)CC1. The first-order valence-electron chi connectivity index (χ1n) is 10.1. The highest BCUT2D eigenvalue weighted by Gasteiger charge is 2.37. The lowest BCUT2D eigenvalue weighted by atomic mass is 10.0. The van der Waals surface area contributed by atoms with Crippen molar-refractivity contribution in [2.45, 2.75) is 35.9 Å². The summed E-state index contributed by atoms with van der Waals surface area (Å²) in [7, 11) is -3.55. The van der Waals surface area contributed by atoms with Crippen LogP contribution >= 0.6 is 22.9 Å². The summed E-state index contributed by atoms with van der Waals surface area (Å²) >= 11 is 7.43. The average molecular weight is 477 g/mol. The number of benzene rings is 2. The van der Waals surface area contributed by atoms with Gasteiger partial charge in [-0.05, 0) is 48.6 Å². The summed E-state index contributed by atoms with van der Waals surface area (Å²) in [6, 6.07) is 15.0. The largest absolute Gasteiger partial charge is 0.346 e. The van der Waals surface area contributed by atoms with Crippen LogP contribution < -0.4 is 4.90 Å². The molecule has 31 heavy (non-hydrogen) atoms. The molecule has 2 aliphatic rings. The zero-order chi connectivity index (χ0) is 21.6. The molecule has 1 saturated heterocycles. The molecular formula is C22H21ClN2O4S2. The molecule has 0 spiro atoms. The van der Waals surface area contributed by atoms with Crippen molar-refractivity contribution < 1.29 is 17.9 Å². The first kappa shape index (κ1) is 20.9. The van der Waals surface area contributed by atoms with Crippen LogP contribution in [0.15, 0.2) is 52.7 Å². The van der Waals surface area contributed by atoms with E-state index in [0.29, 0.717) is 41.8 Å². The van der Waals surface area contributed by atoms with Gasteiger partial charge in [-0.1, -0.05) is 29.8 Å². The molecule has 1 fully saturated rings. The van der Waals surface area contributed by atoms with Gasteiger partial charge in [0.2, 0.25) is 0 Å². The van der Waals surface area contributed by atoms with E-state index in [-0.39, 0.29) is 6.04 Å². The Kier molecular flexibility index (Phi) is 5.52. The molecule has 0 aliphatic carbocycles. The Balaban J connectivity index is 1.37. The van der Waals surface area contributed by atoms with Gasteiger partial charge >= 0.3 is 0 Å². The fraction of sp³-hybridized carbons (Fsp3) is 0.318. The number of nitrogens with zero attached hydrogens (tertiary/aromatic N) is 2. The van der Waals surface area contributed by atoms with E-state index in [0.717, 1.165) is 27.6 Å². The summed E-state index contributed by atoms with van der Waals surface area (Å²) in [5.74, 6) is 0. The molecule has 3 heterocycles. The second-order valence-corrected chi connectivity index (χ2v) is 11.4. The van der Waals surface area contributed by atoms with Gasteiger partial charge in [0, 0.05) is 40.1 Å². The number of halogens is 1. The molecule has 0 amide bonds. The molecule has 3 aromatic rings. The Hall–Kier alpha value is -1.97. The molecule has 162 valence electrons. The van der Waals surface area contributed by atoms with E-state index in [1.54, 1.807) is 10.4 Å². The van der Waals surface area contributed by atoms with Crippen molar-refractivity contribution in [3.63, 3.8) is 0 Å². The molecule has 0 bridgehead atoms. The van der Waals surface area contributed by atoms with Gasteiger partial charge < -0.3 is 9.64 Å². The number of piperidine rings is 1. The van der Waals surface area contributed by atoms with Gasteiger partial charge in [0.05, 0.1) is 6.61 Å². The number of hydrogen-bond acceptors (Lipinski definition) is 6. The number of sulfonamides is 1. The number of carbonyl (C=O) groups excluding carboxylic acids is 1. The minimum atomic E-state index is -3.55. The number of fused-ring (bicyclic) bond motifs is 2. The zero-order valence-corrected chi connectivity index (χ0v) is 19.0. The summed E-state index contributed by atoms with van der Waals surface area (Å²) in [5, 5.41) is 1.56. The number of carbonyl (C=O) groups is 1. The summed E-state index contributed by atoms with van der Waals surface area (Å²) < 4.78 is 35.1. The van der Waals surface area contributed by atoms with Gasteiger partial charge in [-0.25, -0.2) is 8.42 Å². The third-order valence-electron chi connectivity index (χ3n) is 5.93. The van der Waals surface area contributed by atoms with Gasteiger partial charge in [-0.3, -0.25) is 4.79 Å². The topological polar surface area (TPSA) is 66.9 Å². The van der Waals surface area contributed by atoms with Crippen LogP contribution in [0.25, 0.3) is 10.1 Å². The van der Waals surface area contributed by atoms with Crippen molar-refractivity contribution >= 4 is 55.0 Å². The quantitative estimate of drug-likeness (QED) is 0.526. The van der Waals surface area contributed by atoms with Crippen LogP contribution in [0.2, 0.25) is 5.02 Å². The molecule has 1 unspecified atom stereocenters. The minimum absolute atomic E-state index is 0.00397. The molecule has 6 nitrogen and oxygen atoms in total. The second kappa shape index (κ2) is 8.18. The van der Waals surface area contributed by atoms with Crippen molar-refractivity contribution in [2.75, 3.05) is 18.0 Å². The molecule has 1 aromatic heterocycles. The van der Waals surface area contributed by atoms with Gasteiger partial charge in [0.1, 0.15) is 4.21 Å². The summed E-state index contributed by atoms with van der Waals surface area (Å²) in [5.41, 5.74) is 1.87.